The zero-order valence-corrected chi connectivity index (χ0v) is 20.4. The zero-order chi connectivity index (χ0) is 23.2. The summed E-state index contributed by atoms with van der Waals surface area (Å²) in [5.41, 5.74) is 5.11. The molecule has 0 bridgehead atoms. The summed E-state index contributed by atoms with van der Waals surface area (Å²) in [6, 6.07) is 24.3. The van der Waals surface area contributed by atoms with Gasteiger partial charge in [0, 0.05) is 7.05 Å². The average molecular weight is 460 g/mol. The van der Waals surface area contributed by atoms with Gasteiger partial charge >= 0.3 is 6.09 Å². The quantitative estimate of drug-likeness (QED) is 0.345. The molecule has 3 aromatic rings. The number of hydrogen-bond donors (Lipinski definition) is 0. The van der Waals surface area contributed by atoms with Gasteiger partial charge in [0.15, 0.2) is 0 Å². The highest BCUT2D eigenvalue weighted by molar-refractivity contribution is 6.42. The van der Waals surface area contributed by atoms with E-state index in [1.165, 1.54) is 16.7 Å². The van der Waals surface area contributed by atoms with Crippen LogP contribution in [0.15, 0.2) is 72.8 Å². The van der Waals surface area contributed by atoms with Crippen LogP contribution in [0.5, 0.6) is 0 Å². The van der Waals surface area contributed by atoms with E-state index in [0.29, 0.717) is 16.7 Å². The number of carbonyl (C=O) groups is 1. The fraction of sp³-hybridized carbons (Fsp3) is 0.269. The summed E-state index contributed by atoms with van der Waals surface area (Å²) in [6.07, 6.45) is -0.208. The first-order valence-electron chi connectivity index (χ1n) is 10.0. The lowest BCUT2D eigenvalue weighted by atomic mass is 10.2. The first-order chi connectivity index (χ1) is 14.7. The molecule has 0 aliphatic carbocycles. The SMILES string of the molecule is CN1CCOC1=O.Cc1ccc(C)cc1.Cc1ccc(Cl)c(Cl)c1.Cc1ccccc1. The zero-order valence-electron chi connectivity index (χ0n) is 18.9. The van der Waals surface area contributed by atoms with Crippen molar-refractivity contribution in [3.8, 4) is 0 Å². The number of ether oxygens (including phenoxy) is 1. The van der Waals surface area contributed by atoms with Crippen molar-refractivity contribution in [3.05, 3.63) is 105 Å². The molecule has 1 amide bonds. The molecular weight excluding hydrogens is 429 g/mol. The first-order valence-corrected chi connectivity index (χ1v) is 10.8. The summed E-state index contributed by atoms with van der Waals surface area (Å²) >= 11 is 11.3. The van der Waals surface area contributed by atoms with Gasteiger partial charge in [-0.15, -0.1) is 0 Å². The molecule has 4 rings (SSSR count). The number of benzene rings is 3. The van der Waals surface area contributed by atoms with Gasteiger partial charge < -0.3 is 9.64 Å². The minimum Gasteiger partial charge on any atom is -0.448 e. The van der Waals surface area contributed by atoms with Crippen molar-refractivity contribution in [2.45, 2.75) is 27.7 Å². The van der Waals surface area contributed by atoms with E-state index in [0.717, 1.165) is 12.1 Å². The smallest absolute Gasteiger partial charge is 0.409 e. The summed E-state index contributed by atoms with van der Waals surface area (Å²) in [6.45, 7) is 9.54. The van der Waals surface area contributed by atoms with Crippen LogP contribution in [0.3, 0.4) is 0 Å². The Labute approximate surface area is 196 Å². The van der Waals surface area contributed by atoms with Gasteiger partial charge in [0.1, 0.15) is 6.61 Å². The highest BCUT2D eigenvalue weighted by Gasteiger charge is 2.15. The van der Waals surface area contributed by atoms with Crippen LogP contribution in [-0.2, 0) is 4.74 Å². The molecule has 1 aliphatic rings. The molecule has 0 saturated carbocycles. The third-order valence-corrected chi connectivity index (χ3v) is 4.94. The normalized spacial score (nSPS) is 11.7. The predicted octanol–water partition coefficient (Wildman–Crippen LogP) is 7.67. The molecule has 0 spiro atoms. The van der Waals surface area contributed by atoms with Gasteiger partial charge in [-0.25, -0.2) is 4.79 Å². The van der Waals surface area contributed by atoms with E-state index in [9.17, 15) is 4.79 Å². The van der Waals surface area contributed by atoms with E-state index >= 15 is 0 Å². The van der Waals surface area contributed by atoms with Crippen molar-refractivity contribution in [1.29, 1.82) is 0 Å². The number of amides is 1. The molecule has 5 heteroatoms. The van der Waals surface area contributed by atoms with Gasteiger partial charge in [-0.1, -0.05) is 101 Å². The number of hydrogen-bond acceptors (Lipinski definition) is 2. The number of cyclic esters (lactones) is 1. The molecular formula is C26H31Cl2NO2. The van der Waals surface area contributed by atoms with Gasteiger partial charge in [0.25, 0.3) is 0 Å². The van der Waals surface area contributed by atoms with E-state index in [2.05, 4.69) is 61.9 Å². The number of rotatable bonds is 0. The van der Waals surface area contributed by atoms with Crippen molar-refractivity contribution in [2.24, 2.45) is 0 Å². The van der Waals surface area contributed by atoms with E-state index in [-0.39, 0.29) is 6.09 Å². The van der Waals surface area contributed by atoms with Gasteiger partial charge in [-0.3, -0.25) is 0 Å². The van der Waals surface area contributed by atoms with Crippen LogP contribution in [-0.4, -0.2) is 31.2 Å². The monoisotopic (exact) mass is 459 g/mol. The van der Waals surface area contributed by atoms with Gasteiger partial charge in [-0.2, -0.15) is 0 Å². The highest BCUT2D eigenvalue weighted by Crippen LogP contribution is 2.21. The maximum absolute atomic E-state index is 10.3. The van der Waals surface area contributed by atoms with Crippen LogP contribution in [0, 0.1) is 27.7 Å². The molecule has 0 unspecified atom stereocenters. The molecule has 0 radical (unpaired) electrons. The second kappa shape index (κ2) is 14.5. The highest BCUT2D eigenvalue weighted by atomic mass is 35.5. The number of halogens is 2. The van der Waals surface area contributed by atoms with Gasteiger partial charge in [0.05, 0.1) is 16.6 Å². The summed E-state index contributed by atoms with van der Waals surface area (Å²) in [5.74, 6) is 0. The largest absolute Gasteiger partial charge is 0.448 e. The number of aryl methyl sites for hydroxylation is 4. The van der Waals surface area contributed by atoms with Crippen molar-refractivity contribution in [1.82, 2.24) is 4.90 Å². The Bertz CT molecular complexity index is 891. The van der Waals surface area contributed by atoms with Crippen LogP contribution in [0.1, 0.15) is 22.3 Å². The maximum atomic E-state index is 10.3. The topological polar surface area (TPSA) is 29.5 Å². The van der Waals surface area contributed by atoms with Crippen LogP contribution in [0.2, 0.25) is 10.0 Å². The number of likely N-dealkylation sites (N-methyl/N-ethyl adjacent to an activating group) is 1. The Morgan fingerprint density at radius 2 is 1.19 bits per heavy atom. The van der Waals surface area contributed by atoms with E-state index < -0.39 is 0 Å². The van der Waals surface area contributed by atoms with Crippen LogP contribution in [0.4, 0.5) is 4.79 Å². The Kier molecular flexibility index (Phi) is 12.4. The Morgan fingerprint density at radius 1 is 0.710 bits per heavy atom. The first kappa shape index (κ1) is 26.5. The predicted molar refractivity (Wildman–Crippen MR) is 132 cm³/mol. The summed E-state index contributed by atoms with van der Waals surface area (Å²) in [5, 5.41) is 1.24. The van der Waals surface area contributed by atoms with Gasteiger partial charge in [-0.05, 0) is 45.4 Å². The van der Waals surface area contributed by atoms with E-state index in [1.54, 1.807) is 18.0 Å². The Morgan fingerprint density at radius 3 is 1.48 bits per heavy atom. The molecule has 166 valence electrons. The standard InChI is InChI=1S/C8H10.C7H6Cl2.C7H8.C4H7NO2/c1-7-3-5-8(2)6-4-7;1-5-2-3-6(8)7(9)4-5;1-7-5-3-2-4-6-7;1-5-2-3-7-4(5)6/h3-6H,1-2H3;2-4H,1H3;2-6H,1H3;2-3H2,1H3. The van der Waals surface area contributed by atoms with Crippen LogP contribution < -0.4 is 0 Å². The van der Waals surface area contributed by atoms with E-state index in [4.69, 9.17) is 23.2 Å². The molecule has 1 fully saturated rings. The Hall–Kier alpha value is -2.49. The van der Waals surface area contributed by atoms with Crippen LogP contribution in [0.25, 0.3) is 0 Å². The average Bonchev–Trinajstić information content (AvgIpc) is 3.12. The van der Waals surface area contributed by atoms with Gasteiger partial charge in [0.2, 0.25) is 0 Å². The molecule has 0 aromatic heterocycles. The molecule has 3 nitrogen and oxygen atoms in total. The third-order valence-electron chi connectivity index (χ3n) is 4.20. The molecule has 1 heterocycles. The maximum Gasteiger partial charge on any atom is 0.409 e. The Balaban J connectivity index is 0.000000208. The third kappa shape index (κ3) is 12.1. The molecule has 1 saturated heterocycles. The fourth-order valence-electron chi connectivity index (χ4n) is 2.24. The van der Waals surface area contributed by atoms with Crippen molar-refractivity contribution < 1.29 is 9.53 Å². The number of nitrogens with zero attached hydrogens (tertiary/aromatic N) is 1. The molecule has 1 aliphatic heterocycles. The minimum absolute atomic E-state index is 0.208. The lowest BCUT2D eigenvalue weighted by Gasteiger charge is -1.98. The second-order valence-electron chi connectivity index (χ2n) is 7.26. The number of carbonyl (C=O) groups excluding carboxylic acids is 1. The van der Waals surface area contributed by atoms with Crippen LogP contribution >= 0.6 is 23.2 Å². The fourth-order valence-corrected chi connectivity index (χ4v) is 2.60. The molecule has 31 heavy (non-hydrogen) atoms. The van der Waals surface area contributed by atoms with Crippen molar-refractivity contribution >= 4 is 29.3 Å². The lowest BCUT2D eigenvalue weighted by Crippen LogP contribution is -2.17. The summed E-state index contributed by atoms with van der Waals surface area (Å²) in [7, 11) is 1.72. The summed E-state index contributed by atoms with van der Waals surface area (Å²) in [4.78, 5) is 11.8. The van der Waals surface area contributed by atoms with Crippen molar-refractivity contribution in [2.75, 3.05) is 20.2 Å². The molecule has 0 N–H and O–H groups in total. The lowest BCUT2D eigenvalue weighted by molar-refractivity contribution is 0.163. The molecule has 3 aromatic carbocycles. The second-order valence-corrected chi connectivity index (χ2v) is 8.08. The minimum atomic E-state index is -0.208. The van der Waals surface area contributed by atoms with Crippen molar-refractivity contribution in [3.63, 3.8) is 0 Å². The van der Waals surface area contributed by atoms with E-state index in [1.807, 2.05) is 37.3 Å². The summed E-state index contributed by atoms with van der Waals surface area (Å²) < 4.78 is 4.55. The molecule has 0 atom stereocenters.